The second kappa shape index (κ2) is 5.19. The van der Waals surface area contributed by atoms with Crippen molar-refractivity contribution in [1.82, 2.24) is 0 Å². The number of rotatable bonds is 4. The average molecular weight is 303 g/mol. The first-order valence-electron chi connectivity index (χ1n) is 4.83. The molecule has 0 aliphatic carbocycles. The van der Waals surface area contributed by atoms with Crippen LogP contribution in [0.3, 0.4) is 0 Å². The van der Waals surface area contributed by atoms with Crippen molar-refractivity contribution < 1.29 is 0 Å². The van der Waals surface area contributed by atoms with Gasteiger partial charge in [-0.25, -0.2) is 0 Å². The summed E-state index contributed by atoms with van der Waals surface area (Å²) < 4.78 is 0. The molecule has 0 spiro atoms. The van der Waals surface area contributed by atoms with E-state index < -0.39 is 4.95 Å². The van der Waals surface area contributed by atoms with E-state index in [1.165, 1.54) is 0 Å². The molecule has 0 aromatic heterocycles. The minimum atomic E-state index is -0.563. The van der Waals surface area contributed by atoms with Crippen LogP contribution in [0, 0.1) is 0 Å². The summed E-state index contributed by atoms with van der Waals surface area (Å²) in [5, 5.41) is 0. The Morgan fingerprint density at radius 2 is 1.00 bits per heavy atom. The van der Waals surface area contributed by atoms with Crippen molar-refractivity contribution in [3.8, 4) is 0 Å². The van der Waals surface area contributed by atoms with Gasteiger partial charge in [-0.1, -0.05) is 0 Å². The van der Waals surface area contributed by atoms with Crippen LogP contribution in [0.5, 0.6) is 0 Å². The Labute approximate surface area is 88.7 Å². The van der Waals surface area contributed by atoms with Crippen molar-refractivity contribution in [3.63, 3.8) is 0 Å². The Hall–Kier alpha value is 1.22. The summed E-state index contributed by atoms with van der Waals surface area (Å²) in [4.78, 5) is 1.95. The molecule has 0 bridgehead atoms. The Bertz CT molecular complexity index is 108. The molecule has 0 radical (unpaired) electrons. The second-order valence-electron chi connectivity index (χ2n) is 4.23. The molecular weight excluding hydrogens is 279 g/mol. The Morgan fingerprint density at radius 3 is 1.00 bits per heavy atom. The molecule has 0 saturated carbocycles. The van der Waals surface area contributed by atoms with Gasteiger partial charge >= 0.3 is 88.8 Å². The van der Waals surface area contributed by atoms with E-state index in [1.807, 2.05) is 0 Å². The third-order valence-electron chi connectivity index (χ3n) is 2.74. The molecule has 0 aromatic rings. The molecule has 0 amide bonds. The first-order valence-corrected chi connectivity index (χ1v) is 12.2. The van der Waals surface area contributed by atoms with Gasteiger partial charge in [0.15, 0.2) is 0 Å². The molecule has 0 aromatic carbocycles. The third kappa shape index (κ3) is 2.37. The molecule has 12 heavy (non-hydrogen) atoms. The van der Waals surface area contributed by atoms with Crippen molar-refractivity contribution in [2.75, 3.05) is 0 Å². The van der Waals surface area contributed by atoms with Crippen LogP contribution in [0.1, 0.15) is 41.5 Å². The summed E-state index contributed by atoms with van der Waals surface area (Å²) in [5.41, 5.74) is 2.89. The summed E-state index contributed by atoms with van der Waals surface area (Å²) in [7, 11) is 0. The second-order valence-corrected chi connectivity index (χ2v) is 17.8. The van der Waals surface area contributed by atoms with E-state index in [9.17, 15) is 0 Å². The molecule has 0 nitrogen and oxygen atoms in total. The topological polar surface area (TPSA) is 0 Å². The SMILES string of the molecule is C[Te][P+](C(C)C)(C(C)C)C(C)C. The van der Waals surface area contributed by atoms with Gasteiger partial charge in [-0.3, -0.25) is 0 Å². The Morgan fingerprint density at radius 1 is 0.750 bits per heavy atom. The van der Waals surface area contributed by atoms with Crippen LogP contribution in [0.25, 0.3) is 0 Å². The molecule has 0 heterocycles. The fourth-order valence-corrected chi connectivity index (χ4v) is 18.1. The quantitative estimate of drug-likeness (QED) is 0.546. The van der Waals surface area contributed by atoms with Crippen LogP contribution in [0.15, 0.2) is 0 Å². The molecule has 0 aliphatic rings. The Balaban J connectivity index is 4.77. The molecule has 0 aliphatic heterocycles. The molecule has 2 heteroatoms. The van der Waals surface area contributed by atoms with Gasteiger partial charge < -0.3 is 0 Å². The van der Waals surface area contributed by atoms with E-state index >= 15 is 0 Å². The summed E-state index contributed by atoms with van der Waals surface area (Å²) in [6.45, 7) is 14.7. The fraction of sp³-hybridized carbons (Fsp3) is 1.00. The zero-order chi connectivity index (χ0) is 9.94. The molecule has 74 valence electrons. The maximum atomic E-state index is 2.51. The molecule has 0 rings (SSSR count). The summed E-state index contributed by atoms with van der Waals surface area (Å²) in [6.07, 6.45) is 0. The van der Waals surface area contributed by atoms with Gasteiger partial charge in [-0.15, -0.1) is 0 Å². The van der Waals surface area contributed by atoms with E-state index in [-0.39, 0.29) is 20.4 Å². The van der Waals surface area contributed by atoms with Crippen molar-refractivity contribution in [3.05, 3.63) is 0 Å². The van der Waals surface area contributed by atoms with E-state index in [2.05, 4.69) is 46.5 Å². The van der Waals surface area contributed by atoms with Crippen LogP contribution >= 0.6 is 4.95 Å². The fourth-order valence-electron chi connectivity index (χ4n) is 2.42. The van der Waals surface area contributed by atoms with Crippen LogP contribution in [-0.4, -0.2) is 37.4 Å². The van der Waals surface area contributed by atoms with Gasteiger partial charge in [0.1, 0.15) is 0 Å². The molecular formula is C10H24PTe+. The van der Waals surface area contributed by atoms with Crippen LogP contribution in [0.2, 0.25) is 4.97 Å². The van der Waals surface area contributed by atoms with E-state index in [0.29, 0.717) is 0 Å². The van der Waals surface area contributed by atoms with Crippen molar-refractivity contribution >= 4 is 25.3 Å². The zero-order valence-electron chi connectivity index (χ0n) is 9.59. The minimum absolute atomic E-state index is 0.268. The summed E-state index contributed by atoms with van der Waals surface area (Å²) in [5.74, 6) is 0. The van der Waals surface area contributed by atoms with Gasteiger partial charge in [0.2, 0.25) is 0 Å². The average Bonchev–Trinajstić information content (AvgIpc) is 1.86. The molecule has 0 unspecified atom stereocenters. The van der Waals surface area contributed by atoms with Gasteiger partial charge in [-0.2, -0.15) is 0 Å². The van der Waals surface area contributed by atoms with Crippen molar-refractivity contribution in [1.29, 1.82) is 0 Å². The summed E-state index contributed by atoms with van der Waals surface area (Å²) in [6, 6.07) is 0. The monoisotopic (exact) mass is 305 g/mol. The van der Waals surface area contributed by atoms with Crippen molar-refractivity contribution in [2.24, 2.45) is 0 Å². The van der Waals surface area contributed by atoms with E-state index in [1.54, 1.807) is 0 Å². The van der Waals surface area contributed by atoms with Gasteiger partial charge in [0, 0.05) is 0 Å². The maximum absolute atomic E-state index is 2.51. The van der Waals surface area contributed by atoms with E-state index in [4.69, 9.17) is 0 Å². The summed E-state index contributed by atoms with van der Waals surface area (Å²) >= 11 is 0.268. The molecule has 0 fully saturated rings. The van der Waals surface area contributed by atoms with Gasteiger partial charge in [-0.05, 0) is 0 Å². The zero-order valence-corrected chi connectivity index (χ0v) is 12.8. The predicted molar refractivity (Wildman–Crippen MR) is 63.9 cm³/mol. The Kier molecular flexibility index (Phi) is 5.71. The van der Waals surface area contributed by atoms with E-state index in [0.717, 1.165) is 17.0 Å². The van der Waals surface area contributed by atoms with Gasteiger partial charge in [0.05, 0.1) is 0 Å². The van der Waals surface area contributed by atoms with Crippen LogP contribution in [0.4, 0.5) is 0 Å². The van der Waals surface area contributed by atoms with Crippen LogP contribution < -0.4 is 0 Å². The van der Waals surface area contributed by atoms with Crippen LogP contribution in [-0.2, 0) is 0 Å². The van der Waals surface area contributed by atoms with Crippen molar-refractivity contribution in [2.45, 2.75) is 63.5 Å². The first kappa shape index (κ1) is 13.2. The third-order valence-corrected chi connectivity index (χ3v) is 24.5. The molecule has 0 N–H and O–H groups in total. The number of hydrogen-bond acceptors (Lipinski definition) is 0. The molecule has 0 saturated heterocycles. The molecule has 0 atom stereocenters. The normalized spacial score (nSPS) is 13.5. The van der Waals surface area contributed by atoms with Gasteiger partial charge in [0.25, 0.3) is 0 Å². The predicted octanol–water partition coefficient (Wildman–Crippen LogP) is 3.90. The number of hydrogen-bond donors (Lipinski definition) is 0. The first-order chi connectivity index (χ1) is 5.39. The standard InChI is InChI=1S/C10H24PTe/c1-8(2)11(12-7,9(3)4)10(5)6/h8-10H,1-7H3/q+1.